The Hall–Kier alpha value is -3.03. The molecular weight excluding hydrogens is 281 g/mol. The van der Waals surface area contributed by atoms with Crippen molar-refractivity contribution in [3.05, 3.63) is 47.4 Å². The number of hydrogen-bond acceptors (Lipinski definition) is 4. The maximum Gasteiger partial charge on any atom is 0.341 e. The molecule has 0 saturated heterocycles. The molecule has 0 saturated carbocycles. The summed E-state index contributed by atoms with van der Waals surface area (Å²) in [6.07, 6.45) is 0.989. The number of aromatic carboxylic acids is 1. The Kier molecular flexibility index (Phi) is 2.79. The average Bonchev–Trinajstić information content (AvgIpc) is 2.85. The van der Waals surface area contributed by atoms with Crippen molar-refractivity contribution in [3.8, 4) is 0 Å². The van der Waals surface area contributed by atoms with Gasteiger partial charge in [0.05, 0.1) is 6.20 Å². The highest BCUT2D eigenvalue weighted by Gasteiger charge is 2.38. The van der Waals surface area contributed by atoms with Gasteiger partial charge in [0.15, 0.2) is 5.82 Å². The first kappa shape index (κ1) is 13.0. The second-order valence-electron chi connectivity index (χ2n) is 4.44. The summed E-state index contributed by atoms with van der Waals surface area (Å²) >= 11 is 0. The largest absolute Gasteiger partial charge is 0.477 e. The molecule has 3 rings (SSSR count). The molecular formula is C13H8FN3O4. The third kappa shape index (κ3) is 1.97. The molecule has 1 aliphatic rings. The quantitative estimate of drug-likeness (QED) is 0.806. The number of carboxylic acid groups (broad SMARTS) is 1. The van der Waals surface area contributed by atoms with Gasteiger partial charge in [0.25, 0.3) is 5.91 Å². The number of halogens is 1. The number of carbonyl (C=O) groups is 3. The van der Waals surface area contributed by atoms with Gasteiger partial charge in [-0.25, -0.2) is 9.18 Å². The number of fused-ring (bicyclic) bond motifs is 1. The first-order valence-corrected chi connectivity index (χ1v) is 5.91. The minimum absolute atomic E-state index is 0.170. The molecule has 8 heteroatoms. The SMILES string of the molecule is O=C(O)c1cnn2c1NC(=O)C(c1ccc(F)cc1)C2=O. The van der Waals surface area contributed by atoms with Crippen LogP contribution in [0.2, 0.25) is 0 Å². The summed E-state index contributed by atoms with van der Waals surface area (Å²) in [6, 6.07) is 4.92. The van der Waals surface area contributed by atoms with E-state index in [9.17, 15) is 18.8 Å². The first-order chi connectivity index (χ1) is 9.99. The van der Waals surface area contributed by atoms with Crippen molar-refractivity contribution in [2.75, 3.05) is 5.32 Å². The maximum absolute atomic E-state index is 12.9. The van der Waals surface area contributed by atoms with E-state index in [0.29, 0.717) is 5.56 Å². The van der Waals surface area contributed by atoms with Gasteiger partial charge in [-0.3, -0.25) is 9.59 Å². The molecule has 0 bridgehead atoms. The zero-order valence-corrected chi connectivity index (χ0v) is 10.4. The first-order valence-electron chi connectivity index (χ1n) is 5.91. The van der Waals surface area contributed by atoms with E-state index >= 15 is 0 Å². The lowest BCUT2D eigenvalue weighted by molar-refractivity contribution is -0.117. The molecule has 0 spiro atoms. The third-order valence-corrected chi connectivity index (χ3v) is 3.16. The van der Waals surface area contributed by atoms with E-state index in [1.54, 1.807) is 0 Å². The molecule has 0 aliphatic carbocycles. The van der Waals surface area contributed by atoms with Crippen molar-refractivity contribution in [1.82, 2.24) is 9.78 Å². The molecule has 106 valence electrons. The summed E-state index contributed by atoms with van der Waals surface area (Å²) in [5, 5.41) is 15.0. The van der Waals surface area contributed by atoms with Gasteiger partial charge in [-0.15, -0.1) is 0 Å². The van der Waals surface area contributed by atoms with Gasteiger partial charge < -0.3 is 10.4 Å². The smallest absolute Gasteiger partial charge is 0.341 e. The second kappa shape index (κ2) is 4.51. The number of nitrogens with one attached hydrogen (secondary N) is 1. The van der Waals surface area contributed by atoms with Crippen LogP contribution in [-0.4, -0.2) is 32.7 Å². The van der Waals surface area contributed by atoms with Crippen LogP contribution < -0.4 is 5.32 Å². The lowest BCUT2D eigenvalue weighted by Crippen LogP contribution is -2.38. The molecule has 1 unspecified atom stereocenters. The molecule has 1 atom stereocenters. The Morgan fingerprint density at radius 3 is 2.57 bits per heavy atom. The fourth-order valence-electron chi connectivity index (χ4n) is 2.16. The molecule has 0 fully saturated rings. The van der Waals surface area contributed by atoms with Gasteiger partial charge >= 0.3 is 5.97 Å². The van der Waals surface area contributed by atoms with Crippen LogP contribution in [0.1, 0.15) is 26.6 Å². The summed E-state index contributed by atoms with van der Waals surface area (Å²) in [5.41, 5.74) is 0.0335. The molecule has 1 amide bonds. The summed E-state index contributed by atoms with van der Waals surface area (Å²) in [5.74, 6) is -4.52. The third-order valence-electron chi connectivity index (χ3n) is 3.16. The molecule has 1 aromatic heterocycles. The van der Waals surface area contributed by atoms with Crippen LogP contribution in [0.25, 0.3) is 0 Å². The maximum atomic E-state index is 12.9. The van der Waals surface area contributed by atoms with E-state index in [-0.39, 0.29) is 11.4 Å². The van der Waals surface area contributed by atoms with Crippen LogP contribution >= 0.6 is 0 Å². The molecule has 1 aromatic carbocycles. The van der Waals surface area contributed by atoms with Gasteiger partial charge in [-0.2, -0.15) is 9.78 Å². The van der Waals surface area contributed by atoms with Crippen molar-refractivity contribution in [2.24, 2.45) is 0 Å². The van der Waals surface area contributed by atoms with Crippen molar-refractivity contribution < 1.29 is 23.9 Å². The second-order valence-corrected chi connectivity index (χ2v) is 4.44. The van der Waals surface area contributed by atoms with Crippen LogP contribution in [-0.2, 0) is 4.79 Å². The van der Waals surface area contributed by atoms with Gasteiger partial charge in [-0.1, -0.05) is 12.1 Å². The minimum atomic E-state index is -1.30. The zero-order valence-electron chi connectivity index (χ0n) is 10.4. The summed E-state index contributed by atoms with van der Waals surface area (Å²) < 4.78 is 13.7. The van der Waals surface area contributed by atoms with Gasteiger partial charge in [-0.05, 0) is 17.7 Å². The Labute approximate surface area is 117 Å². The number of carbonyl (C=O) groups excluding carboxylic acids is 2. The Morgan fingerprint density at radius 1 is 1.29 bits per heavy atom. The molecule has 1 aliphatic heterocycles. The Bertz CT molecular complexity index is 766. The van der Waals surface area contributed by atoms with Crippen LogP contribution in [0.4, 0.5) is 10.2 Å². The normalized spacial score (nSPS) is 17.3. The number of anilines is 1. The topological polar surface area (TPSA) is 101 Å². The number of amides is 1. The number of benzene rings is 1. The van der Waals surface area contributed by atoms with E-state index in [1.165, 1.54) is 12.1 Å². The molecule has 0 radical (unpaired) electrons. The van der Waals surface area contributed by atoms with Crippen molar-refractivity contribution in [1.29, 1.82) is 0 Å². The monoisotopic (exact) mass is 289 g/mol. The van der Waals surface area contributed by atoms with Gasteiger partial charge in [0.1, 0.15) is 17.3 Å². The van der Waals surface area contributed by atoms with Crippen molar-refractivity contribution in [3.63, 3.8) is 0 Å². The van der Waals surface area contributed by atoms with Crippen LogP contribution in [0.3, 0.4) is 0 Å². The summed E-state index contributed by atoms with van der Waals surface area (Å²) in [6.45, 7) is 0. The average molecular weight is 289 g/mol. The van der Waals surface area contributed by atoms with Gasteiger partial charge in [0, 0.05) is 0 Å². The van der Waals surface area contributed by atoms with E-state index in [0.717, 1.165) is 23.0 Å². The summed E-state index contributed by atoms with van der Waals surface area (Å²) in [7, 11) is 0. The Balaban J connectivity index is 2.06. The molecule has 2 heterocycles. The van der Waals surface area contributed by atoms with E-state index in [4.69, 9.17) is 5.11 Å². The lowest BCUT2D eigenvalue weighted by Gasteiger charge is -2.22. The van der Waals surface area contributed by atoms with E-state index in [2.05, 4.69) is 10.4 Å². The van der Waals surface area contributed by atoms with Crippen LogP contribution in [0.15, 0.2) is 30.5 Å². The van der Waals surface area contributed by atoms with E-state index in [1.807, 2.05) is 0 Å². The number of carboxylic acids is 1. The number of rotatable bonds is 2. The fourth-order valence-corrected chi connectivity index (χ4v) is 2.16. The highest BCUT2D eigenvalue weighted by Crippen LogP contribution is 2.28. The highest BCUT2D eigenvalue weighted by molar-refractivity contribution is 6.17. The van der Waals surface area contributed by atoms with Crippen molar-refractivity contribution >= 4 is 23.6 Å². The lowest BCUT2D eigenvalue weighted by atomic mass is 9.96. The molecule has 2 aromatic rings. The molecule has 7 nitrogen and oxygen atoms in total. The fraction of sp³-hybridized carbons (Fsp3) is 0.0769. The standard InChI is InChI=1S/C13H8FN3O4/c14-7-3-1-6(2-4-7)9-11(18)16-10-8(13(20)21)5-15-17(10)12(9)19/h1-5,9H,(H,16,18)(H,20,21). The predicted octanol–water partition coefficient (Wildman–Crippen LogP) is 1.10. The number of hydrogen-bond donors (Lipinski definition) is 2. The zero-order chi connectivity index (χ0) is 15.1. The highest BCUT2D eigenvalue weighted by atomic mass is 19.1. The van der Waals surface area contributed by atoms with Crippen LogP contribution in [0.5, 0.6) is 0 Å². The van der Waals surface area contributed by atoms with Gasteiger partial charge in [0.2, 0.25) is 5.91 Å². The number of nitrogens with zero attached hydrogens (tertiary/aromatic N) is 2. The van der Waals surface area contributed by atoms with Crippen molar-refractivity contribution in [2.45, 2.75) is 5.92 Å². The number of aromatic nitrogens is 2. The van der Waals surface area contributed by atoms with E-state index < -0.39 is 29.5 Å². The summed E-state index contributed by atoms with van der Waals surface area (Å²) in [4.78, 5) is 35.3. The molecule has 2 N–H and O–H groups in total. The Morgan fingerprint density at radius 2 is 1.95 bits per heavy atom. The minimum Gasteiger partial charge on any atom is -0.477 e. The molecule has 21 heavy (non-hydrogen) atoms. The van der Waals surface area contributed by atoms with Crippen LogP contribution in [0, 0.1) is 5.82 Å². The predicted molar refractivity (Wildman–Crippen MR) is 67.6 cm³/mol.